The molecule has 0 radical (unpaired) electrons. The van der Waals surface area contributed by atoms with Gasteiger partial charge >= 0.3 is 0 Å². The van der Waals surface area contributed by atoms with Gasteiger partial charge in [0.25, 0.3) is 0 Å². The second-order valence-corrected chi connectivity index (χ2v) is 3.61. The van der Waals surface area contributed by atoms with Crippen molar-refractivity contribution in [2.75, 3.05) is 5.32 Å². The van der Waals surface area contributed by atoms with Crippen LogP contribution in [-0.4, -0.2) is 24.1 Å². The van der Waals surface area contributed by atoms with Crippen LogP contribution in [0.4, 0.5) is 5.13 Å². The first-order valence-electron chi connectivity index (χ1n) is 4.13. The fourth-order valence-electron chi connectivity index (χ4n) is 0.991. The molecule has 0 unspecified atom stereocenters. The zero-order valence-corrected chi connectivity index (χ0v) is 8.75. The molecule has 0 spiro atoms. The van der Waals surface area contributed by atoms with Crippen molar-refractivity contribution in [1.82, 2.24) is 24.1 Å². The molecular formula is C7H10N6S. The Bertz CT molecular complexity index is 419. The standard InChI is InChI=1S/C7H10N6S/c1-5-10-7(14-12-5)8-3-6-11-9-4-13(6)2/h4H,3H2,1-2H3,(H,8,10,12). The van der Waals surface area contributed by atoms with Crippen LogP contribution in [0.1, 0.15) is 11.6 Å². The Labute approximate surface area is 85.2 Å². The molecule has 0 saturated carbocycles. The van der Waals surface area contributed by atoms with Crippen LogP contribution in [0.5, 0.6) is 0 Å². The van der Waals surface area contributed by atoms with Crippen molar-refractivity contribution in [2.24, 2.45) is 7.05 Å². The van der Waals surface area contributed by atoms with Crippen molar-refractivity contribution < 1.29 is 0 Å². The van der Waals surface area contributed by atoms with Crippen LogP contribution in [-0.2, 0) is 13.6 Å². The summed E-state index contributed by atoms with van der Waals surface area (Å²) < 4.78 is 5.93. The molecule has 0 amide bonds. The summed E-state index contributed by atoms with van der Waals surface area (Å²) in [5.41, 5.74) is 0. The van der Waals surface area contributed by atoms with Gasteiger partial charge in [-0.2, -0.15) is 4.37 Å². The Balaban J connectivity index is 1.98. The molecule has 14 heavy (non-hydrogen) atoms. The third kappa shape index (κ3) is 1.87. The monoisotopic (exact) mass is 210 g/mol. The Morgan fingerprint density at radius 1 is 1.57 bits per heavy atom. The number of hydrogen-bond donors (Lipinski definition) is 1. The van der Waals surface area contributed by atoms with Crippen molar-refractivity contribution in [3.05, 3.63) is 18.0 Å². The van der Waals surface area contributed by atoms with Crippen LogP contribution in [0.3, 0.4) is 0 Å². The molecule has 6 nitrogen and oxygen atoms in total. The summed E-state index contributed by atoms with van der Waals surface area (Å²) in [6, 6.07) is 0. The highest BCUT2D eigenvalue weighted by molar-refractivity contribution is 7.09. The Kier molecular flexibility index (Phi) is 2.40. The van der Waals surface area contributed by atoms with E-state index in [1.54, 1.807) is 6.33 Å². The first-order chi connectivity index (χ1) is 6.75. The largest absolute Gasteiger partial charge is 0.353 e. The maximum atomic E-state index is 4.18. The van der Waals surface area contributed by atoms with Gasteiger partial charge in [0.05, 0.1) is 6.54 Å². The lowest BCUT2D eigenvalue weighted by molar-refractivity contribution is 0.811. The van der Waals surface area contributed by atoms with Crippen LogP contribution in [0.25, 0.3) is 0 Å². The van der Waals surface area contributed by atoms with Gasteiger partial charge in [0, 0.05) is 18.6 Å². The number of nitrogens with one attached hydrogen (secondary N) is 1. The highest BCUT2D eigenvalue weighted by atomic mass is 32.1. The van der Waals surface area contributed by atoms with Gasteiger partial charge in [0.1, 0.15) is 12.2 Å². The van der Waals surface area contributed by atoms with E-state index in [0.717, 1.165) is 16.8 Å². The minimum atomic E-state index is 0.616. The Hall–Kier alpha value is -1.50. The third-order valence-corrected chi connectivity index (χ3v) is 2.49. The zero-order valence-electron chi connectivity index (χ0n) is 7.93. The van der Waals surface area contributed by atoms with E-state index >= 15 is 0 Å². The molecule has 2 aromatic rings. The first kappa shape index (κ1) is 9.07. The normalized spacial score (nSPS) is 10.4. The second-order valence-electron chi connectivity index (χ2n) is 2.86. The second kappa shape index (κ2) is 3.70. The lowest BCUT2D eigenvalue weighted by Gasteiger charge is -2.00. The topological polar surface area (TPSA) is 68.5 Å². The minimum absolute atomic E-state index is 0.616. The summed E-state index contributed by atoms with van der Waals surface area (Å²) in [4.78, 5) is 4.18. The maximum Gasteiger partial charge on any atom is 0.202 e. The van der Waals surface area contributed by atoms with E-state index in [-0.39, 0.29) is 0 Å². The number of aromatic nitrogens is 5. The van der Waals surface area contributed by atoms with Crippen LogP contribution in [0, 0.1) is 6.92 Å². The summed E-state index contributed by atoms with van der Waals surface area (Å²) in [7, 11) is 1.91. The number of aryl methyl sites for hydroxylation is 2. The molecule has 1 N–H and O–H groups in total. The van der Waals surface area contributed by atoms with E-state index in [2.05, 4.69) is 24.9 Å². The first-order valence-corrected chi connectivity index (χ1v) is 4.90. The Morgan fingerprint density at radius 2 is 2.43 bits per heavy atom. The number of rotatable bonds is 3. The maximum absolute atomic E-state index is 4.18. The molecular weight excluding hydrogens is 200 g/mol. The van der Waals surface area contributed by atoms with Crippen molar-refractivity contribution in [2.45, 2.75) is 13.5 Å². The molecule has 74 valence electrons. The predicted octanol–water partition coefficient (Wildman–Crippen LogP) is 0.587. The molecule has 0 aliphatic heterocycles. The summed E-state index contributed by atoms with van der Waals surface area (Å²) in [6.07, 6.45) is 1.67. The molecule has 0 aliphatic rings. The van der Waals surface area contributed by atoms with Gasteiger partial charge < -0.3 is 9.88 Å². The van der Waals surface area contributed by atoms with Gasteiger partial charge in [-0.15, -0.1) is 10.2 Å². The van der Waals surface area contributed by atoms with E-state index in [1.807, 2.05) is 18.5 Å². The third-order valence-electron chi connectivity index (χ3n) is 1.73. The Morgan fingerprint density at radius 3 is 3.00 bits per heavy atom. The summed E-state index contributed by atoms with van der Waals surface area (Å²) >= 11 is 1.35. The summed E-state index contributed by atoms with van der Waals surface area (Å²) in [5, 5.41) is 11.7. The highest BCUT2D eigenvalue weighted by Gasteiger charge is 2.02. The van der Waals surface area contributed by atoms with Crippen molar-refractivity contribution >= 4 is 16.7 Å². The van der Waals surface area contributed by atoms with Gasteiger partial charge in [-0.3, -0.25) is 0 Å². The predicted molar refractivity (Wildman–Crippen MR) is 53.0 cm³/mol. The molecule has 2 heterocycles. The van der Waals surface area contributed by atoms with Crippen LogP contribution in [0.2, 0.25) is 0 Å². The average molecular weight is 210 g/mol. The van der Waals surface area contributed by atoms with Gasteiger partial charge in [-0.05, 0) is 6.92 Å². The summed E-state index contributed by atoms with van der Waals surface area (Å²) in [5.74, 6) is 1.66. The average Bonchev–Trinajstić information content (AvgIpc) is 2.72. The highest BCUT2D eigenvalue weighted by Crippen LogP contribution is 2.10. The van der Waals surface area contributed by atoms with Gasteiger partial charge in [0.2, 0.25) is 5.13 Å². The van der Waals surface area contributed by atoms with E-state index in [9.17, 15) is 0 Å². The van der Waals surface area contributed by atoms with Crippen LogP contribution in [0.15, 0.2) is 6.33 Å². The lowest BCUT2D eigenvalue weighted by atomic mass is 10.6. The molecule has 0 bridgehead atoms. The quantitative estimate of drug-likeness (QED) is 0.802. The number of nitrogens with zero attached hydrogens (tertiary/aromatic N) is 5. The number of hydrogen-bond acceptors (Lipinski definition) is 6. The minimum Gasteiger partial charge on any atom is -0.353 e. The van der Waals surface area contributed by atoms with Crippen molar-refractivity contribution in [1.29, 1.82) is 0 Å². The van der Waals surface area contributed by atoms with E-state index < -0.39 is 0 Å². The molecule has 0 saturated heterocycles. The SMILES string of the molecule is Cc1nsc(NCc2nncn2C)n1. The molecule has 0 aromatic carbocycles. The zero-order chi connectivity index (χ0) is 9.97. The molecule has 2 rings (SSSR count). The van der Waals surface area contributed by atoms with Gasteiger partial charge in [-0.1, -0.05) is 0 Å². The fraction of sp³-hybridized carbons (Fsp3) is 0.429. The lowest BCUT2D eigenvalue weighted by Crippen LogP contribution is -2.05. The van der Waals surface area contributed by atoms with Crippen LogP contribution >= 0.6 is 11.5 Å². The molecule has 0 fully saturated rings. The van der Waals surface area contributed by atoms with E-state index in [1.165, 1.54) is 11.5 Å². The summed E-state index contributed by atoms with van der Waals surface area (Å²) in [6.45, 7) is 2.48. The van der Waals surface area contributed by atoms with E-state index in [0.29, 0.717) is 6.54 Å². The molecule has 2 aromatic heterocycles. The number of anilines is 1. The molecule has 0 aliphatic carbocycles. The molecule has 7 heteroatoms. The fourth-order valence-corrected chi connectivity index (χ4v) is 1.56. The smallest absolute Gasteiger partial charge is 0.202 e. The van der Waals surface area contributed by atoms with Crippen molar-refractivity contribution in [3.8, 4) is 0 Å². The molecule has 0 atom stereocenters. The van der Waals surface area contributed by atoms with Gasteiger partial charge in [-0.25, -0.2) is 4.98 Å². The van der Waals surface area contributed by atoms with Crippen LogP contribution < -0.4 is 5.32 Å². The van der Waals surface area contributed by atoms with Crippen molar-refractivity contribution in [3.63, 3.8) is 0 Å². The van der Waals surface area contributed by atoms with E-state index in [4.69, 9.17) is 0 Å². The van der Waals surface area contributed by atoms with Gasteiger partial charge in [0.15, 0.2) is 5.82 Å².